The molecule has 0 aliphatic carbocycles. The summed E-state index contributed by atoms with van der Waals surface area (Å²) >= 11 is 0. The van der Waals surface area contributed by atoms with Gasteiger partial charge in [0.1, 0.15) is 17.5 Å². The molecule has 0 unspecified atom stereocenters. The Hall–Kier alpha value is -3.02. The molecule has 0 aromatic heterocycles. The lowest BCUT2D eigenvalue weighted by Crippen LogP contribution is -2.49. The molecule has 0 saturated carbocycles. The summed E-state index contributed by atoms with van der Waals surface area (Å²) in [4.78, 5) is 26.7. The number of hydrogen-bond acceptors (Lipinski definition) is 4. The second-order valence-electron chi connectivity index (χ2n) is 6.01. The van der Waals surface area contributed by atoms with E-state index in [2.05, 4.69) is 5.32 Å². The summed E-state index contributed by atoms with van der Waals surface area (Å²) in [5, 5.41) is 2.64. The minimum atomic E-state index is -0.566. The number of carbonyl (C=O) groups excluding carboxylic acids is 2. The van der Waals surface area contributed by atoms with Gasteiger partial charge in [0, 0.05) is 13.6 Å². The Morgan fingerprint density at radius 2 is 1.70 bits per heavy atom. The number of methoxy groups -OCH3 is 1. The Morgan fingerprint density at radius 3 is 2.26 bits per heavy atom. The molecule has 0 aliphatic heterocycles. The molecule has 0 heterocycles. The second-order valence-corrected chi connectivity index (χ2v) is 6.01. The molecule has 2 aromatic rings. The van der Waals surface area contributed by atoms with Gasteiger partial charge in [-0.2, -0.15) is 0 Å². The molecule has 144 valence electrons. The lowest BCUT2D eigenvalue weighted by atomic mass is 10.1. The van der Waals surface area contributed by atoms with Crippen molar-refractivity contribution >= 4 is 11.8 Å². The van der Waals surface area contributed by atoms with Crippen LogP contribution in [0.3, 0.4) is 0 Å². The van der Waals surface area contributed by atoms with Crippen LogP contribution in [0.25, 0.3) is 0 Å². The first-order valence-electron chi connectivity index (χ1n) is 8.90. The maximum atomic E-state index is 12.9. The van der Waals surface area contributed by atoms with Crippen molar-refractivity contribution in [3.05, 3.63) is 60.2 Å². The van der Waals surface area contributed by atoms with E-state index >= 15 is 0 Å². The fourth-order valence-corrected chi connectivity index (χ4v) is 2.76. The molecular formula is C21H26N2O4. The summed E-state index contributed by atoms with van der Waals surface area (Å²) in [5.41, 5.74) is 0.909. The predicted octanol–water partition coefficient (Wildman–Crippen LogP) is 2.63. The average molecular weight is 370 g/mol. The van der Waals surface area contributed by atoms with Gasteiger partial charge >= 0.3 is 0 Å². The van der Waals surface area contributed by atoms with Crippen LogP contribution in [0, 0.1) is 0 Å². The third kappa shape index (κ3) is 5.74. The van der Waals surface area contributed by atoms with Crippen LogP contribution in [-0.2, 0) is 16.1 Å². The average Bonchev–Trinajstić information content (AvgIpc) is 2.72. The van der Waals surface area contributed by atoms with Gasteiger partial charge in [-0.15, -0.1) is 0 Å². The van der Waals surface area contributed by atoms with E-state index in [1.807, 2.05) is 49.4 Å². The fraction of sp³-hybridized carbons (Fsp3) is 0.333. The molecule has 0 saturated heterocycles. The Morgan fingerprint density at radius 1 is 1.04 bits per heavy atom. The molecule has 2 amide bonds. The van der Waals surface area contributed by atoms with Crippen molar-refractivity contribution in [2.75, 3.05) is 20.8 Å². The predicted molar refractivity (Wildman–Crippen MR) is 104 cm³/mol. The maximum Gasteiger partial charge on any atom is 0.261 e. The van der Waals surface area contributed by atoms with E-state index in [1.54, 1.807) is 31.2 Å². The van der Waals surface area contributed by atoms with Gasteiger partial charge in [-0.05, 0) is 36.2 Å². The van der Waals surface area contributed by atoms with E-state index in [1.165, 1.54) is 0 Å². The van der Waals surface area contributed by atoms with Crippen LogP contribution in [0.5, 0.6) is 11.5 Å². The van der Waals surface area contributed by atoms with Gasteiger partial charge in [0.25, 0.3) is 5.91 Å². The highest BCUT2D eigenvalue weighted by atomic mass is 16.5. The highest BCUT2D eigenvalue weighted by Crippen LogP contribution is 2.17. The van der Waals surface area contributed by atoms with Crippen molar-refractivity contribution in [3.8, 4) is 11.5 Å². The number of hydrogen-bond donors (Lipinski definition) is 1. The highest BCUT2D eigenvalue weighted by molar-refractivity contribution is 5.88. The zero-order valence-electron chi connectivity index (χ0n) is 16.0. The molecule has 6 heteroatoms. The molecular weight excluding hydrogens is 344 g/mol. The third-order valence-corrected chi connectivity index (χ3v) is 4.25. The van der Waals surface area contributed by atoms with Crippen LogP contribution in [0.1, 0.15) is 18.9 Å². The molecule has 2 aromatic carbocycles. The van der Waals surface area contributed by atoms with E-state index in [-0.39, 0.29) is 18.4 Å². The molecule has 0 fully saturated rings. The molecule has 2 rings (SSSR count). The molecule has 6 nitrogen and oxygen atoms in total. The summed E-state index contributed by atoms with van der Waals surface area (Å²) in [6.07, 6.45) is 0.507. The van der Waals surface area contributed by atoms with Crippen molar-refractivity contribution in [3.63, 3.8) is 0 Å². The summed E-state index contributed by atoms with van der Waals surface area (Å²) in [7, 11) is 3.17. The van der Waals surface area contributed by atoms with Gasteiger partial charge < -0.3 is 19.7 Å². The number of rotatable bonds is 9. The third-order valence-electron chi connectivity index (χ3n) is 4.25. The number of nitrogens with one attached hydrogen (secondary N) is 1. The van der Waals surface area contributed by atoms with Gasteiger partial charge in [-0.1, -0.05) is 37.3 Å². The van der Waals surface area contributed by atoms with Crippen molar-refractivity contribution < 1.29 is 19.1 Å². The molecule has 27 heavy (non-hydrogen) atoms. The lowest BCUT2D eigenvalue weighted by molar-refractivity contribution is -0.142. The van der Waals surface area contributed by atoms with Crippen molar-refractivity contribution in [2.24, 2.45) is 0 Å². The Labute approximate surface area is 160 Å². The lowest BCUT2D eigenvalue weighted by Gasteiger charge is -2.30. The van der Waals surface area contributed by atoms with E-state index < -0.39 is 6.04 Å². The molecule has 0 radical (unpaired) electrons. The number of para-hydroxylation sites is 1. The minimum Gasteiger partial charge on any atom is -0.497 e. The standard InChI is InChI=1S/C21H26N2O4/c1-4-19(21(25)22-2)23(14-16-10-12-17(26-3)13-11-16)20(24)15-27-18-8-6-5-7-9-18/h5-13,19H,4,14-15H2,1-3H3,(H,22,25)/t19-/m1/s1. The van der Waals surface area contributed by atoms with E-state index in [4.69, 9.17) is 9.47 Å². The van der Waals surface area contributed by atoms with Crippen LogP contribution < -0.4 is 14.8 Å². The Balaban J connectivity index is 2.16. The van der Waals surface area contributed by atoms with Crippen LogP contribution >= 0.6 is 0 Å². The largest absolute Gasteiger partial charge is 0.497 e. The van der Waals surface area contributed by atoms with Crippen LogP contribution in [0.15, 0.2) is 54.6 Å². The monoisotopic (exact) mass is 370 g/mol. The highest BCUT2D eigenvalue weighted by Gasteiger charge is 2.28. The number of carbonyl (C=O) groups is 2. The van der Waals surface area contributed by atoms with E-state index in [0.29, 0.717) is 18.7 Å². The van der Waals surface area contributed by atoms with E-state index in [0.717, 1.165) is 11.3 Å². The zero-order chi connectivity index (χ0) is 19.6. The summed E-state index contributed by atoms with van der Waals surface area (Å²) in [5.74, 6) is 0.912. The summed E-state index contributed by atoms with van der Waals surface area (Å²) < 4.78 is 10.8. The summed E-state index contributed by atoms with van der Waals surface area (Å²) in [6, 6.07) is 16.0. The second kappa shape index (κ2) is 10.2. The van der Waals surface area contributed by atoms with Crippen molar-refractivity contribution in [2.45, 2.75) is 25.9 Å². The van der Waals surface area contributed by atoms with Gasteiger partial charge in [-0.25, -0.2) is 0 Å². The van der Waals surface area contributed by atoms with Gasteiger partial charge in [0.2, 0.25) is 5.91 Å². The fourth-order valence-electron chi connectivity index (χ4n) is 2.76. The zero-order valence-corrected chi connectivity index (χ0v) is 16.0. The molecule has 0 bridgehead atoms. The normalized spacial score (nSPS) is 11.4. The molecule has 0 spiro atoms. The first kappa shape index (κ1) is 20.3. The molecule has 0 aliphatic rings. The number of ether oxygens (including phenoxy) is 2. The van der Waals surface area contributed by atoms with Crippen molar-refractivity contribution in [1.29, 1.82) is 0 Å². The van der Waals surface area contributed by atoms with E-state index in [9.17, 15) is 9.59 Å². The smallest absolute Gasteiger partial charge is 0.261 e. The number of nitrogens with zero attached hydrogens (tertiary/aromatic N) is 1. The van der Waals surface area contributed by atoms with Crippen molar-refractivity contribution in [1.82, 2.24) is 10.2 Å². The SMILES string of the molecule is CC[C@H](C(=O)NC)N(Cc1ccc(OC)cc1)C(=O)COc1ccccc1. The first-order chi connectivity index (χ1) is 13.1. The Kier molecular flexibility index (Phi) is 7.67. The first-order valence-corrected chi connectivity index (χ1v) is 8.90. The molecule has 1 N–H and O–H groups in total. The van der Waals surface area contributed by atoms with Crippen LogP contribution in [0.2, 0.25) is 0 Å². The van der Waals surface area contributed by atoms with Crippen LogP contribution in [-0.4, -0.2) is 43.5 Å². The van der Waals surface area contributed by atoms with Gasteiger partial charge in [0.15, 0.2) is 6.61 Å². The topological polar surface area (TPSA) is 67.9 Å². The number of benzene rings is 2. The minimum absolute atomic E-state index is 0.131. The Bertz CT molecular complexity index is 732. The number of likely N-dealkylation sites (N-methyl/N-ethyl adjacent to an activating group) is 1. The molecule has 1 atom stereocenters. The van der Waals surface area contributed by atoms with Gasteiger partial charge in [-0.3, -0.25) is 9.59 Å². The maximum absolute atomic E-state index is 12.9. The summed E-state index contributed by atoms with van der Waals surface area (Å²) in [6.45, 7) is 2.06. The van der Waals surface area contributed by atoms with Gasteiger partial charge in [0.05, 0.1) is 7.11 Å². The van der Waals surface area contributed by atoms with Crippen LogP contribution in [0.4, 0.5) is 0 Å². The quantitative estimate of drug-likeness (QED) is 0.737. The number of amides is 2.